The number of rotatable bonds is 4. The van der Waals surface area contributed by atoms with Crippen LogP contribution in [0.15, 0.2) is 27.8 Å². The lowest BCUT2D eigenvalue weighted by molar-refractivity contribution is 0.120. The van der Waals surface area contributed by atoms with Crippen LogP contribution >= 0.6 is 24.0 Å². The molecule has 0 saturated heterocycles. The molecule has 2 rings (SSSR count). The van der Waals surface area contributed by atoms with Crippen molar-refractivity contribution in [3.63, 3.8) is 0 Å². The van der Waals surface area contributed by atoms with Crippen LogP contribution in [0.2, 0.25) is 0 Å². The van der Waals surface area contributed by atoms with E-state index in [2.05, 4.69) is 22.5 Å². The molecule has 0 atom stereocenters. The first-order chi connectivity index (χ1) is 9.28. The van der Waals surface area contributed by atoms with Crippen molar-refractivity contribution in [2.75, 3.05) is 6.54 Å². The average molecular weight is 393 g/mol. The van der Waals surface area contributed by atoms with Crippen LogP contribution in [-0.4, -0.2) is 29.8 Å². The van der Waals surface area contributed by atoms with Gasteiger partial charge in [0.05, 0.1) is 12.4 Å². The Balaban J connectivity index is 0.00000200. The predicted octanol–water partition coefficient (Wildman–Crippen LogP) is 2.26. The highest BCUT2D eigenvalue weighted by atomic mass is 127. The molecule has 0 aromatic carbocycles. The number of hydrogen-bond donors (Lipinski definition) is 3. The summed E-state index contributed by atoms with van der Waals surface area (Å²) in [5.41, 5.74) is 0. The summed E-state index contributed by atoms with van der Waals surface area (Å²) >= 11 is 0. The number of aliphatic hydroxyl groups is 1. The molecule has 1 saturated carbocycles. The van der Waals surface area contributed by atoms with Crippen molar-refractivity contribution >= 4 is 29.9 Å². The van der Waals surface area contributed by atoms with Gasteiger partial charge in [-0.2, -0.15) is 0 Å². The Morgan fingerprint density at radius 3 is 2.75 bits per heavy atom. The van der Waals surface area contributed by atoms with E-state index in [0.29, 0.717) is 12.6 Å². The standard InChI is InChI=1S/C14H23N3O2.HI/c1-2-15-14(16-10-13-4-3-9-19-13)17-11-5-7-12(18)8-6-11;/h3-4,9,11-12,18H,2,5-8,10H2,1H3,(H2,15,16,17);1H. The molecule has 1 aliphatic rings. The van der Waals surface area contributed by atoms with Gasteiger partial charge in [-0.15, -0.1) is 24.0 Å². The highest BCUT2D eigenvalue weighted by Crippen LogP contribution is 2.18. The monoisotopic (exact) mass is 393 g/mol. The van der Waals surface area contributed by atoms with E-state index >= 15 is 0 Å². The normalized spacial score (nSPS) is 23.0. The van der Waals surface area contributed by atoms with E-state index in [4.69, 9.17) is 4.42 Å². The SMILES string of the molecule is CCNC(=NCc1ccco1)NC1CCC(O)CC1.I. The summed E-state index contributed by atoms with van der Waals surface area (Å²) in [6, 6.07) is 4.19. The van der Waals surface area contributed by atoms with Crippen molar-refractivity contribution < 1.29 is 9.52 Å². The summed E-state index contributed by atoms with van der Waals surface area (Å²) in [4.78, 5) is 4.51. The van der Waals surface area contributed by atoms with E-state index in [1.165, 1.54) is 0 Å². The summed E-state index contributed by atoms with van der Waals surface area (Å²) < 4.78 is 5.27. The molecule has 5 nitrogen and oxygen atoms in total. The molecule has 3 N–H and O–H groups in total. The number of furan rings is 1. The van der Waals surface area contributed by atoms with Crippen LogP contribution in [0.3, 0.4) is 0 Å². The second kappa shape index (κ2) is 9.23. The molecule has 0 amide bonds. The van der Waals surface area contributed by atoms with E-state index in [-0.39, 0.29) is 30.1 Å². The third-order valence-corrected chi connectivity index (χ3v) is 3.35. The Morgan fingerprint density at radius 1 is 1.40 bits per heavy atom. The van der Waals surface area contributed by atoms with Crippen LogP contribution in [0.1, 0.15) is 38.4 Å². The Hall–Kier alpha value is -0.760. The first-order valence-electron chi connectivity index (χ1n) is 7.03. The molecule has 0 bridgehead atoms. The fourth-order valence-corrected chi connectivity index (χ4v) is 2.29. The number of aliphatic hydroxyl groups excluding tert-OH is 1. The number of guanidine groups is 1. The second-order valence-electron chi connectivity index (χ2n) is 4.92. The minimum absolute atomic E-state index is 0. The average Bonchev–Trinajstić information content (AvgIpc) is 2.92. The van der Waals surface area contributed by atoms with E-state index in [1.807, 2.05) is 12.1 Å². The summed E-state index contributed by atoms with van der Waals surface area (Å²) in [6.45, 7) is 3.42. The quantitative estimate of drug-likeness (QED) is 0.417. The summed E-state index contributed by atoms with van der Waals surface area (Å²) in [5.74, 6) is 1.68. The van der Waals surface area contributed by atoms with Crippen LogP contribution < -0.4 is 10.6 Å². The molecule has 114 valence electrons. The highest BCUT2D eigenvalue weighted by molar-refractivity contribution is 14.0. The summed E-state index contributed by atoms with van der Waals surface area (Å²) in [5, 5.41) is 16.2. The fraction of sp³-hybridized carbons (Fsp3) is 0.643. The minimum Gasteiger partial charge on any atom is -0.467 e. The van der Waals surface area contributed by atoms with Crippen LogP contribution in [0.25, 0.3) is 0 Å². The zero-order valence-corrected chi connectivity index (χ0v) is 14.2. The van der Waals surface area contributed by atoms with Crippen molar-refractivity contribution in [1.29, 1.82) is 0 Å². The van der Waals surface area contributed by atoms with Gasteiger partial charge in [0, 0.05) is 12.6 Å². The molecule has 0 aliphatic heterocycles. The maximum absolute atomic E-state index is 9.51. The van der Waals surface area contributed by atoms with Crippen LogP contribution in [-0.2, 0) is 6.54 Å². The lowest BCUT2D eigenvalue weighted by Gasteiger charge is -2.27. The number of hydrogen-bond acceptors (Lipinski definition) is 3. The largest absolute Gasteiger partial charge is 0.467 e. The predicted molar refractivity (Wildman–Crippen MR) is 90.3 cm³/mol. The second-order valence-corrected chi connectivity index (χ2v) is 4.92. The number of nitrogens with one attached hydrogen (secondary N) is 2. The van der Waals surface area contributed by atoms with Crippen LogP contribution in [0.4, 0.5) is 0 Å². The molecule has 0 unspecified atom stereocenters. The summed E-state index contributed by atoms with van der Waals surface area (Å²) in [7, 11) is 0. The molecular weight excluding hydrogens is 369 g/mol. The lowest BCUT2D eigenvalue weighted by atomic mass is 9.93. The van der Waals surface area contributed by atoms with Crippen molar-refractivity contribution in [2.45, 2.75) is 51.3 Å². The van der Waals surface area contributed by atoms with Gasteiger partial charge in [-0.1, -0.05) is 0 Å². The van der Waals surface area contributed by atoms with Crippen molar-refractivity contribution in [1.82, 2.24) is 10.6 Å². The molecular formula is C14H24IN3O2. The third kappa shape index (κ3) is 5.70. The van der Waals surface area contributed by atoms with Crippen molar-refractivity contribution in [2.24, 2.45) is 4.99 Å². The van der Waals surface area contributed by atoms with Gasteiger partial charge < -0.3 is 20.2 Å². The smallest absolute Gasteiger partial charge is 0.191 e. The van der Waals surface area contributed by atoms with E-state index in [1.54, 1.807) is 6.26 Å². The van der Waals surface area contributed by atoms with Gasteiger partial charge in [-0.05, 0) is 44.7 Å². The Labute approximate surface area is 137 Å². The van der Waals surface area contributed by atoms with Crippen molar-refractivity contribution in [3.8, 4) is 0 Å². The molecule has 1 fully saturated rings. The van der Waals surface area contributed by atoms with E-state index in [9.17, 15) is 5.11 Å². The van der Waals surface area contributed by atoms with E-state index < -0.39 is 0 Å². The maximum atomic E-state index is 9.51. The van der Waals surface area contributed by atoms with Crippen molar-refractivity contribution in [3.05, 3.63) is 24.2 Å². The number of aliphatic imine (C=N–C) groups is 1. The maximum Gasteiger partial charge on any atom is 0.191 e. The zero-order valence-electron chi connectivity index (χ0n) is 11.8. The fourth-order valence-electron chi connectivity index (χ4n) is 2.29. The molecule has 1 aromatic heterocycles. The first-order valence-corrected chi connectivity index (χ1v) is 7.03. The number of halogens is 1. The van der Waals surface area contributed by atoms with Gasteiger partial charge in [0.15, 0.2) is 5.96 Å². The topological polar surface area (TPSA) is 69.8 Å². The number of nitrogens with zero attached hydrogens (tertiary/aromatic N) is 1. The molecule has 0 radical (unpaired) electrons. The van der Waals surface area contributed by atoms with Crippen LogP contribution in [0, 0.1) is 0 Å². The van der Waals surface area contributed by atoms with Gasteiger partial charge in [-0.3, -0.25) is 0 Å². The zero-order chi connectivity index (χ0) is 13.5. The highest BCUT2D eigenvalue weighted by Gasteiger charge is 2.19. The van der Waals surface area contributed by atoms with Gasteiger partial charge in [0.2, 0.25) is 0 Å². The molecule has 0 spiro atoms. The summed E-state index contributed by atoms with van der Waals surface area (Å²) in [6.07, 6.45) is 5.26. The first kappa shape index (κ1) is 17.3. The molecule has 6 heteroatoms. The van der Waals surface area contributed by atoms with E-state index in [0.717, 1.165) is 43.9 Å². The Bertz CT molecular complexity index is 387. The van der Waals surface area contributed by atoms with Gasteiger partial charge in [-0.25, -0.2) is 4.99 Å². The van der Waals surface area contributed by atoms with Crippen LogP contribution in [0.5, 0.6) is 0 Å². The van der Waals surface area contributed by atoms with Gasteiger partial charge in [0.25, 0.3) is 0 Å². The third-order valence-electron chi connectivity index (χ3n) is 3.35. The molecule has 1 aromatic rings. The molecule has 1 heterocycles. The minimum atomic E-state index is -0.124. The Kier molecular flexibility index (Phi) is 7.98. The molecule has 20 heavy (non-hydrogen) atoms. The molecule has 1 aliphatic carbocycles. The van der Waals surface area contributed by atoms with Gasteiger partial charge >= 0.3 is 0 Å². The van der Waals surface area contributed by atoms with Gasteiger partial charge in [0.1, 0.15) is 12.3 Å². The lowest BCUT2D eigenvalue weighted by Crippen LogP contribution is -2.45. The Morgan fingerprint density at radius 2 is 2.15 bits per heavy atom.